The van der Waals surface area contributed by atoms with E-state index in [4.69, 9.17) is 4.74 Å². The number of likely N-dealkylation sites (N-methyl/N-ethyl adjacent to an activating group) is 1. The highest BCUT2D eigenvalue weighted by molar-refractivity contribution is 14.0. The molecule has 1 aliphatic carbocycles. The number of ether oxygens (including phenoxy) is 1. The Morgan fingerprint density at radius 2 is 2.00 bits per heavy atom. The van der Waals surface area contributed by atoms with Gasteiger partial charge in [0, 0.05) is 32.7 Å². The number of hydrogen-bond acceptors (Lipinski definition) is 3. The molecule has 0 bridgehead atoms. The van der Waals surface area contributed by atoms with Gasteiger partial charge < -0.3 is 15.0 Å². The maximum Gasteiger partial charge on any atom is 0.193 e. The normalized spacial score (nSPS) is 23.3. The summed E-state index contributed by atoms with van der Waals surface area (Å²) in [5.74, 6) is 0.696. The van der Waals surface area contributed by atoms with Crippen molar-refractivity contribution in [1.82, 2.24) is 15.1 Å². The number of benzene rings is 1. The second-order valence-electron chi connectivity index (χ2n) is 7.23. The van der Waals surface area contributed by atoms with E-state index < -0.39 is 0 Å². The molecule has 0 aromatic heterocycles. The van der Waals surface area contributed by atoms with Crippen LogP contribution in [-0.2, 0) is 4.74 Å². The Morgan fingerprint density at radius 3 is 2.59 bits per heavy atom. The highest BCUT2D eigenvalue weighted by Crippen LogP contribution is 2.26. The fraction of sp³-hybridized carbons (Fsp3) is 0.650. The highest BCUT2D eigenvalue weighted by atomic mass is 127. The Labute approximate surface area is 179 Å². The zero-order valence-electron chi connectivity index (χ0n) is 16.5. The van der Waals surface area contributed by atoms with E-state index in [1.165, 1.54) is 25.0 Å². The predicted octanol–water partition coefficient (Wildman–Crippen LogP) is 3.27. The van der Waals surface area contributed by atoms with Crippen LogP contribution >= 0.6 is 24.0 Å². The van der Waals surface area contributed by atoms with Crippen LogP contribution in [0.4, 0.5) is 4.39 Å². The highest BCUT2D eigenvalue weighted by Gasteiger charge is 2.29. The minimum atomic E-state index is -0.219. The molecule has 1 heterocycles. The SMILES string of the molecule is CCN(CCNC(=NC)N1CC(C)OC(c2ccc(F)cc2)C1)C1CC1.I. The average Bonchev–Trinajstić information content (AvgIpc) is 3.47. The molecule has 1 saturated heterocycles. The summed E-state index contributed by atoms with van der Waals surface area (Å²) in [5.41, 5.74) is 1.00. The average molecular weight is 490 g/mol. The van der Waals surface area contributed by atoms with Gasteiger partial charge in [0.05, 0.1) is 12.6 Å². The van der Waals surface area contributed by atoms with Crippen LogP contribution in [0.1, 0.15) is 38.4 Å². The summed E-state index contributed by atoms with van der Waals surface area (Å²) < 4.78 is 19.3. The van der Waals surface area contributed by atoms with E-state index >= 15 is 0 Å². The van der Waals surface area contributed by atoms with Crippen LogP contribution < -0.4 is 5.32 Å². The fourth-order valence-electron chi connectivity index (χ4n) is 3.67. The molecule has 27 heavy (non-hydrogen) atoms. The lowest BCUT2D eigenvalue weighted by atomic mass is 10.1. The molecule has 0 amide bonds. The maximum atomic E-state index is 13.2. The lowest BCUT2D eigenvalue weighted by Crippen LogP contribution is -2.51. The van der Waals surface area contributed by atoms with E-state index in [1.807, 2.05) is 7.05 Å². The first-order valence-corrected chi connectivity index (χ1v) is 9.71. The van der Waals surface area contributed by atoms with Gasteiger partial charge in [0.25, 0.3) is 0 Å². The molecule has 5 nitrogen and oxygen atoms in total. The summed E-state index contributed by atoms with van der Waals surface area (Å²) in [6, 6.07) is 7.39. The minimum Gasteiger partial charge on any atom is -0.367 e. The van der Waals surface area contributed by atoms with Crippen LogP contribution in [0, 0.1) is 5.82 Å². The number of rotatable bonds is 6. The molecule has 0 radical (unpaired) electrons. The van der Waals surface area contributed by atoms with Crippen molar-refractivity contribution in [3.63, 3.8) is 0 Å². The van der Waals surface area contributed by atoms with Crippen LogP contribution in [0.3, 0.4) is 0 Å². The van der Waals surface area contributed by atoms with E-state index in [-0.39, 0.29) is 42.0 Å². The van der Waals surface area contributed by atoms with Crippen LogP contribution in [0.15, 0.2) is 29.3 Å². The summed E-state index contributed by atoms with van der Waals surface area (Å²) in [6.45, 7) is 8.86. The summed E-state index contributed by atoms with van der Waals surface area (Å²) >= 11 is 0. The summed E-state index contributed by atoms with van der Waals surface area (Å²) in [6.07, 6.45) is 2.69. The Balaban J connectivity index is 0.00000261. The third kappa shape index (κ3) is 6.29. The molecule has 1 saturated carbocycles. The lowest BCUT2D eigenvalue weighted by Gasteiger charge is -2.39. The summed E-state index contributed by atoms with van der Waals surface area (Å²) in [7, 11) is 1.83. The zero-order valence-corrected chi connectivity index (χ0v) is 18.9. The van der Waals surface area contributed by atoms with Crippen molar-refractivity contribution < 1.29 is 9.13 Å². The number of nitrogens with one attached hydrogen (secondary N) is 1. The molecular formula is C20H32FIN4O. The molecular weight excluding hydrogens is 458 g/mol. The third-order valence-corrected chi connectivity index (χ3v) is 5.16. The second-order valence-corrected chi connectivity index (χ2v) is 7.23. The monoisotopic (exact) mass is 490 g/mol. The topological polar surface area (TPSA) is 40.1 Å². The molecule has 2 aliphatic rings. The molecule has 2 atom stereocenters. The number of morpholine rings is 1. The van der Waals surface area contributed by atoms with Gasteiger partial charge in [-0.15, -0.1) is 24.0 Å². The van der Waals surface area contributed by atoms with Crippen molar-refractivity contribution >= 4 is 29.9 Å². The van der Waals surface area contributed by atoms with Crippen molar-refractivity contribution in [3.8, 4) is 0 Å². The Hall–Kier alpha value is -0.930. The fourth-order valence-corrected chi connectivity index (χ4v) is 3.67. The molecule has 0 spiro atoms. The van der Waals surface area contributed by atoms with Crippen LogP contribution in [0.5, 0.6) is 0 Å². The molecule has 2 fully saturated rings. The molecule has 1 aliphatic heterocycles. The van der Waals surface area contributed by atoms with E-state index in [2.05, 4.69) is 34.0 Å². The third-order valence-electron chi connectivity index (χ3n) is 5.16. The lowest BCUT2D eigenvalue weighted by molar-refractivity contribution is -0.0605. The molecule has 152 valence electrons. The van der Waals surface area contributed by atoms with Gasteiger partial charge in [0.15, 0.2) is 5.96 Å². The molecule has 7 heteroatoms. The Kier molecular flexibility index (Phi) is 8.75. The molecule has 1 N–H and O–H groups in total. The van der Waals surface area contributed by atoms with Gasteiger partial charge in [-0.3, -0.25) is 9.89 Å². The number of aliphatic imine (C=N–C) groups is 1. The smallest absolute Gasteiger partial charge is 0.193 e. The summed E-state index contributed by atoms with van der Waals surface area (Å²) in [5, 5.41) is 3.51. The van der Waals surface area contributed by atoms with Crippen LogP contribution in [-0.4, -0.2) is 67.7 Å². The first kappa shape index (κ1) is 22.4. The molecule has 1 aromatic carbocycles. The van der Waals surface area contributed by atoms with Crippen molar-refractivity contribution in [2.75, 3.05) is 39.8 Å². The minimum absolute atomic E-state index is 0. The predicted molar refractivity (Wildman–Crippen MR) is 118 cm³/mol. The van der Waals surface area contributed by atoms with Gasteiger partial charge in [-0.1, -0.05) is 19.1 Å². The van der Waals surface area contributed by atoms with E-state index in [9.17, 15) is 4.39 Å². The van der Waals surface area contributed by atoms with Crippen LogP contribution in [0.25, 0.3) is 0 Å². The Morgan fingerprint density at radius 1 is 1.30 bits per heavy atom. The van der Waals surface area contributed by atoms with E-state index in [0.717, 1.165) is 50.3 Å². The van der Waals surface area contributed by atoms with Crippen LogP contribution in [0.2, 0.25) is 0 Å². The molecule has 2 unspecified atom stereocenters. The van der Waals surface area contributed by atoms with Crippen molar-refractivity contribution in [2.45, 2.75) is 44.9 Å². The van der Waals surface area contributed by atoms with Crippen molar-refractivity contribution in [2.24, 2.45) is 4.99 Å². The largest absolute Gasteiger partial charge is 0.367 e. The first-order valence-electron chi connectivity index (χ1n) is 9.71. The van der Waals surface area contributed by atoms with E-state index in [1.54, 1.807) is 12.1 Å². The van der Waals surface area contributed by atoms with Gasteiger partial charge >= 0.3 is 0 Å². The van der Waals surface area contributed by atoms with E-state index in [0.29, 0.717) is 0 Å². The standard InChI is InChI=1S/C20H31FN4O.HI/c1-4-24(18-9-10-18)12-11-23-20(22-3)25-13-15(2)26-19(14-25)16-5-7-17(21)8-6-16;/h5-8,15,18-19H,4,9-14H2,1-3H3,(H,22,23);1H. The van der Waals surface area contributed by atoms with Gasteiger partial charge in [0.2, 0.25) is 0 Å². The molecule has 1 aromatic rings. The van der Waals surface area contributed by atoms with Crippen molar-refractivity contribution in [3.05, 3.63) is 35.6 Å². The van der Waals surface area contributed by atoms with Gasteiger partial charge in [-0.05, 0) is 44.0 Å². The van der Waals surface area contributed by atoms with Crippen molar-refractivity contribution in [1.29, 1.82) is 0 Å². The number of nitrogens with zero attached hydrogens (tertiary/aromatic N) is 3. The summed E-state index contributed by atoms with van der Waals surface area (Å²) in [4.78, 5) is 9.25. The second kappa shape index (κ2) is 10.6. The van der Waals surface area contributed by atoms with Gasteiger partial charge in [0.1, 0.15) is 11.9 Å². The Bertz CT molecular complexity index is 609. The maximum absolute atomic E-state index is 13.2. The number of guanidine groups is 1. The zero-order chi connectivity index (χ0) is 18.5. The number of hydrogen-bond donors (Lipinski definition) is 1. The van der Waals surface area contributed by atoms with Gasteiger partial charge in [-0.2, -0.15) is 0 Å². The van der Waals surface area contributed by atoms with Gasteiger partial charge in [-0.25, -0.2) is 4.39 Å². The molecule has 3 rings (SSSR count). The first-order chi connectivity index (χ1) is 12.6. The number of halogens is 2. The quantitative estimate of drug-likeness (QED) is 0.378.